The van der Waals surface area contributed by atoms with Crippen LogP contribution in [0.5, 0.6) is 0 Å². The van der Waals surface area contributed by atoms with Gasteiger partial charge in [-0.05, 0) is 102 Å². The summed E-state index contributed by atoms with van der Waals surface area (Å²) in [5.41, 5.74) is 12.0. The van der Waals surface area contributed by atoms with E-state index in [9.17, 15) is 14.7 Å². The molecule has 0 aromatic rings. The lowest BCUT2D eigenvalue weighted by Gasteiger charge is -2.31. The van der Waals surface area contributed by atoms with Crippen molar-refractivity contribution in [3.05, 3.63) is 24.3 Å². The summed E-state index contributed by atoms with van der Waals surface area (Å²) >= 11 is 0. The zero-order chi connectivity index (χ0) is 39.2. The van der Waals surface area contributed by atoms with E-state index in [0.29, 0.717) is 37.8 Å². The highest BCUT2D eigenvalue weighted by molar-refractivity contribution is 5.84. The second-order valence-electron chi connectivity index (χ2n) is 15.9. The van der Waals surface area contributed by atoms with Crippen molar-refractivity contribution in [3.8, 4) is 0 Å². The van der Waals surface area contributed by atoms with Crippen molar-refractivity contribution in [3.63, 3.8) is 0 Å². The van der Waals surface area contributed by atoms with E-state index < -0.39 is 12.0 Å². The standard InChI is InChI=1S/C46H90N4O3/c1-5-9-11-13-15-17-19-21-23-25-27-29-31-33-40(7-3)42(35-37-47)49-44(46(52)53)39-45(51)50-43(36-38-48)41(8-4)34-32-30-28-26-24-22-20-18-16-14-12-10-6-2/h21-24,40-44,49H,5-20,25-39,47-48H2,1-4H3,(H,50,51)(H,52,53)/t40?,41?,42?,43?,44-/m0/s1. The third-order valence-corrected chi connectivity index (χ3v) is 11.3. The Hall–Kier alpha value is -1.70. The normalized spacial score (nSPS) is 14.8. The van der Waals surface area contributed by atoms with Crippen LogP contribution in [0.2, 0.25) is 0 Å². The molecule has 0 saturated carbocycles. The maximum Gasteiger partial charge on any atom is 0.321 e. The van der Waals surface area contributed by atoms with Crippen LogP contribution >= 0.6 is 0 Å². The van der Waals surface area contributed by atoms with Gasteiger partial charge in [0.25, 0.3) is 0 Å². The number of carbonyl (C=O) groups excluding carboxylic acids is 1. The van der Waals surface area contributed by atoms with Crippen LogP contribution in [0.4, 0.5) is 0 Å². The third kappa shape index (κ3) is 30.2. The predicted molar refractivity (Wildman–Crippen MR) is 230 cm³/mol. The molecule has 7 N–H and O–H groups in total. The van der Waals surface area contributed by atoms with Crippen molar-refractivity contribution in [1.82, 2.24) is 10.6 Å². The zero-order valence-electron chi connectivity index (χ0n) is 35.5. The highest BCUT2D eigenvalue weighted by Gasteiger charge is 2.29. The Balaban J connectivity index is 4.74. The number of allylic oxidation sites excluding steroid dienone is 4. The number of nitrogens with one attached hydrogen (secondary N) is 2. The molecule has 0 aliphatic carbocycles. The molecular formula is C46H90N4O3. The average Bonchev–Trinajstić information content (AvgIpc) is 3.14. The summed E-state index contributed by atoms with van der Waals surface area (Å²) in [6, 6.07) is -0.993. The number of hydrogen-bond acceptors (Lipinski definition) is 5. The van der Waals surface area contributed by atoms with E-state index in [4.69, 9.17) is 11.5 Å². The predicted octanol–water partition coefficient (Wildman–Crippen LogP) is 11.5. The summed E-state index contributed by atoms with van der Waals surface area (Å²) in [5.74, 6) is -0.515. The molecule has 0 spiro atoms. The molecule has 53 heavy (non-hydrogen) atoms. The Morgan fingerprint density at radius 3 is 1.30 bits per heavy atom. The third-order valence-electron chi connectivity index (χ3n) is 11.3. The number of carbonyl (C=O) groups is 2. The average molecular weight is 747 g/mol. The minimum atomic E-state index is -0.979. The van der Waals surface area contributed by atoms with Gasteiger partial charge >= 0.3 is 5.97 Å². The molecule has 0 heterocycles. The fraction of sp³-hybridized carbons (Fsp3) is 0.870. The van der Waals surface area contributed by atoms with Crippen LogP contribution in [0.3, 0.4) is 0 Å². The van der Waals surface area contributed by atoms with Gasteiger partial charge in [0.2, 0.25) is 5.91 Å². The molecule has 0 aromatic carbocycles. The minimum absolute atomic E-state index is 0.0234. The first kappa shape index (κ1) is 51.3. The van der Waals surface area contributed by atoms with Gasteiger partial charge in [0.15, 0.2) is 0 Å². The van der Waals surface area contributed by atoms with Gasteiger partial charge in [-0.15, -0.1) is 0 Å². The minimum Gasteiger partial charge on any atom is -0.480 e. The van der Waals surface area contributed by atoms with Crippen LogP contribution in [0.15, 0.2) is 24.3 Å². The van der Waals surface area contributed by atoms with E-state index in [1.54, 1.807) is 0 Å². The molecule has 0 aliphatic heterocycles. The SMILES string of the molecule is CCCCCCCCC=CCCCCCC(CC)C(CCN)NC(=O)C[C@H](NC(CCN)C(CC)CCCCCC=CCCCCCCCC)C(=O)O. The van der Waals surface area contributed by atoms with Crippen molar-refractivity contribution in [1.29, 1.82) is 0 Å². The highest BCUT2D eigenvalue weighted by Crippen LogP contribution is 2.23. The molecule has 0 rings (SSSR count). The van der Waals surface area contributed by atoms with Crippen LogP contribution in [-0.2, 0) is 9.59 Å². The first-order chi connectivity index (χ1) is 25.9. The Kier molecular flexibility index (Phi) is 37.3. The molecular weight excluding hydrogens is 657 g/mol. The zero-order valence-corrected chi connectivity index (χ0v) is 35.5. The molecule has 0 radical (unpaired) electrons. The van der Waals surface area contributed by atoms with Gasteiger partial charge in [0.05, 0.1) is 6.42 Å². The second-order valence-corrected chi connectivity index (χ2v) is 15.9. The molecule has 0 fully saturated rings. The first-order valence-corrected chi connectivity index (χ1v) is 22.9. The Morgan fingerprint density at radius 2 is 0.906 bits per heavy atom. The fourth-order valence-electron chi connectivity index (χ4n) is 7.79. The van der Waals surface area contributed by atoms with E-state index in [1.165, 1.54) is 116 Å². The lowest BCUT2D eigenvalue weighted by molar-refractivity contribution is -0.142. The Morgan fingerprint density at radius 1 is 0.528 bits per heavy atom. The number of nitrogens with two attached hydrogens (primary N) is 2. The van der Waals surface area contributed by atoms with E-state index in [-0.39, 0.29) is 24.4 Å². The Labute approximate surface area is 329 Å². The molecule has 4 unspecified atom stereocenters. The molecule has 0 bridgehead atoms. The highest BCUT2D eigenvalue weighted by atomic mass is 16.4. The lowest BCUT2D eigenvalue weighted by atomic mass is 9.87. The summed E-state index contributed by atoms with van der Waals surface area (Å²) in [7, 11) is 0. The second kappa shape index (κ2) is 38.6. The van der Waals surface area contributed by atoms with Gasteiger partial charge in [-0.25, -0.2) is 0 Å². The number of carboxylic acid groups (broad SMARTS) is 1. The fourth-order valence-corrected chi connectivity index (χ4v) is 7.79. The summed E-state index contributed by atoms with van der Waals surface area (Å²) in [4.78, 5) is 25.8. The number of amides is 1. The number of carboxylic acids is 1. The molecule has 7 heteroatoms. The summed E-state index contributed by atoms with van der Waals surface area (Å²) in [5, 5.41) is 16.8. The van der Waals surface area contributed by atoms with Crippen LogP contribution < -0.4 is 22.1 Å². The molecule has 1 amide bonds. The first-order valence-electron chi connectivity index (χ1n) is 22.9. The van der Waals surface area contributed by atoms with Crippen LogP contribution in [-0.4, -0.2) is 48.2 Å². The summed E-state index contributed by atoms with van der Waals surface area (Å²) in [6.45, 7) is 9.88. The number of aliphatic carboxylic acids is 1. The molecule has 7 nitrogen and oxygen atoms in total. The van der Waals surface area contributed by atoms with Gasteiger partial charge in [-0.3, -0.25) is 9.59 Å². The summed E-state index contributed by atoms with van der Waals surface area (Å²) < 4.78 is 0. The quantitative estimate of drug-likeness (QED) is 0.0313. The van der Waals surface area contributed by atoms with Crippen LogP contribution in [0.1, 0.15) is 214 Å². The topological polar surface area (TPSA) is 130 Å². The van der Waals surface area contributed by atoms with Crippen molar-refractivity contribution >= 4 is 11.9 Å². The monoisotopic (exact) mass is 747 g/mol. The maximum atomic E-state index is 13.3. The summed E-state index contributed by atoms with van der Waals surface area (Å²) in [6.07, 6.45) is 42.6. The van der Waals surface area contributed by atoms with E-state index in [0.717, 1.165) is 51.4 Å². The van der Waals surface area contributed by atoms with Crippen molar-refractivity contribution in [2.75, 3.05) is 13.1 Å². The van der Waals surface area contributed by atoms with Gasteiger partial charge in [-0.1, -0.05) is 155 Å². The molecule has 0 saturated heterocycles. The van der Waals surface area contributed by atoms with Gasteiger partial charge in [0, 0.05) is 12.1 Å². The smallest absolute Gasteiger partial charge is 0.321 e. The number of rotatable bonds is 40. The molecule has 0 aromatic heterocycles. The van der Waals surface area contributed by atoms with Crippen molar-refractivity contribution in [2.24, 2.45) is 23.3 Å². The van der Waals surface area contributed by atoms with E-state index in [2.05, 4.69) is 62.6 Å². The number of unbranched alkanes of at least 4 members (excludes halogenated alkanes) is 18. The largest absolute Gasteiger partial charge is 0.480 e. The number of hydrogen-bond donors (Lipinski definition) is 5. The molecule has 312 valence electrons. The lowest BCUT2D eigenvalue weighted by Crippen LogP contribution is -2.51. The van der Waals surface area contributed by atoms with Crippen LogP contribution in [0, 0.1) is 11.8 Å². The van der Waals surface area contributed by atoms with Gasteiger partial charge in [-0.2, -0.15) is 0 Å². The van der Waals surface area contributed by atoms with Crippen LogP contribution in [0.25, 0.3) is 0 Å². The van der Waals surface area contributed by atoms with E-state index in [1.807, 2.05) is 0 Å². The van der Waals surface area contributed by atoms with E-state index >= 15 is 0 Å². The van der Waals surface area contributed by atoms with Crippen molar-refractivity contribution < 1.29 is 14.7 Å². The maximum absolute atomic E-state index is 13.3. The van der Waals surface area contributed by atoms with Gasteiger partial charge in [0.1, 0.15) is 6.04 Å². The molecule has 0 aliphatic rings. The van der Waals surface area contributed by atoms with Gasteiger partial charge < -0.3 is 27.2 Å². The molecule has 5 atom stereocenters. The Bertz CT molecular complexity index is 879. The van der Waals surface area contributed by atoms with Crippen molar-refractivity contribution in [2.45, 2.75) is 232 Å².